The van der Waals surface area contributed by atoms with E-state index in [1.165, 1.54) is 5.56 Å². The monoisotopic (exact) mass is 396 g/mol. The second-order valence-electron chi connectivity index (χ2n) is 7.98. The Kier molecular flexibility index (Phi) is 8.18. The summed E-state index contributed by atoms with van der Waals surface area (Å²) >= 11 is 5.41. The van der Waals surface area contributed by atoms with Crippen LogP contribution >= 0.6 is 12.2 Å². The van der Waals surface area contributed by atoms with Gasteiger partial charge in [-0.05, 0) is 55.9 Å². The molecule has 1 N–H and O–H groups in total. The summed E-state index contributed by atoms with van der Waals surface area (Å²) < 4.78 is 0. The number of aliphatic imine (C=N–C) groups is 1. The average molecular weight is 397 g/mol. The molecular formula is C24H32N2OS. The summed E-state index contributed by atoms with van der Waals surface area (Å²) in [5.74, 6) is 0.821. The summed E-state index contributed by atoms with van der Waals surface area (Å²) in [5.41, 5.74) is 4.95. The number of benzene rings is 2. The first-order valence-electron chi connectivity index (χ1n) is 9.90. The fourth-order valence-electron chi connectivity index (χ4n) is 3.61. The van der Waals surface area contributed by atoms with Crippen LogP contribution in [0.15, 0.2) is 59.6 Å². The second-order valence-corrected chi connectivity index (χ2v) is 8.19. The third-order valence-corrected chi connectivity index (χ3v) is 5.49. The topological polar surface area (TPSA) is 35.8 Å². The fourth-order valence-corrected chi connectivity index (χ4v) is 3.95. The van der Waals surface area contributed by atoms with Crippen LogP contribution in [0.3, 0.4) is 0 Å². The molecule has 3 nitrogen and oxygen atoms in total. The van der Waals surface area contributed by atoms with E-state index >= 15 is 0 Å². The molecule has 28 heavy (non-hydrogen) atoms. The number of rotatable bonds is 10. The van der Waals surface area contributed by atoms with Gasteiger partial charge in [0.15, 0.2) is 0 Å². The Bertz CT molecular complexity index is 788. The standard InChI is InChI=1S/C24H32N2OS/c1-19(2)16-24(4,20(3)25-17-22-9-6-5-7-10-22)26(18-28)14-13-21-11-8-12-23(27)15-21/h5-12,15,18-19,27H,13-14,16-17H2,1-4H3/b25-20-. The maximum atomic E-state index is 9.72. The molecule has 0 amide bonds. The van der Waals surface area contributed by atoms with Gasteiger partial charge in [0.2, 0.25) is 0 Å². The van der Waals surface area contributed by atoms with Gasteiger partial charge in [-0.15, -0.1) is 0 Å². The fraction of sp³-hybridized carbons (Fsp3) is 0.417. The molecule has 1 atom stereocenters. The van der Waals surface area contributed by atoms with Crippen LogP contribution < -0.4 is 0 Å². The van der Waals surface area contributed by atoms with Gasteiger partial charge >= 0.3 is 0 Å². The molecule has 0 aliphatic heterocycles. The molecule has 0 radical (unpaired) electrons. The van der Waals surface area contributed by atoms with Crippen LogP contribution in [0.2, 0.25) is 0 Å². The molecule has 150 valence electrons. The summed E-state index contributed by atoms with van der Waals surface area (Å²) in [6.45, 7) is 10.3. The van der Waals surface area contributed by atoms with E-state index in [0.717, 1.165) is 30.7 Å². The highest BCUT2D eigenvalue weighted by Gasteiger charge is 2.33. The normalized spacial score (nSPS) is 14.0. The Balaban J connectivity index is 2.20. The number of phenols is 1. The quantitative estimate of drug-likeness (QED) is 0.416. The Hall–Kier alpha value is -2.20. The zero-order valence-corrected chi connectivity index (χ0v) is 18.2. The van der Waals surface area contributed by atoms with Gasteiger partial charge in [-0.3, -0.25) is 4.99 Å². The van der Waals surface area contributed by atoms with Gasteiger partial charge < -0.3 is 10.0 Å². The molecule has 0 aliphatic rings. The van der Waals surface area contributed by atoms with Crippen LogP contribution in [0.4, 0.5) is 0 Å². The van der Waals surface area contributed by atoms with Crippen molar-refractivity contribution in [3.8, 4) is 5.75 Å². The van der Waals surface area contributed by atoms with Crippen molar-refractivity contribution in [1.29, 1.82) is 0 Å². The molecule has 2 aromatic rings. The number of thiocarbonyl (C=S) groups is 1. The predicted molar refractivity (Wildman–Crippen MR) is 123 cm³/mol. The first kappa shape index (κ1) is 22.1. The van der Waals surface area contributed by atoms with Crippen LogP contribution in [0.1, 0.15) is 45.2 Å². The van der Waals surface area contributed by atoms with Crippen molar-refractivity contribution < 1.29 is 5.11 Å². The Morgan fingerprint density at radius 1 is 1.14 bits per heavy atom. The molecule has 2 aromatic carbocycles. The van der Waals surface area contributed by atoms with E-state index in [1.54, 1.807) is 11.6 Å². The van der Waals surface area contributed by atoms with Gasteiger partial charge in [0, 0.05) is 12.3 Å². The molecule has 0 aromatic heterocycles. The molecule has 0 aliphatic carbocycles. The lowest BCUT2D eigenvalue weighted by Crippen LogP contribution is -2.52. The molecule has 0 saturated heterocycles. The number of hydrogen-bond donors (Lipinski definition) is 1. The Labute approximate surface area is 175 Å². The summed E-state index contributed by atoms with van der Waals surface area (Å²) in [6.07, 6.45) is 1.80. The third-order valence-electron chi connectivity index (χ3n) is 5.24. The van der Waals surface area contributed by atoms with Gasteiger partial charge in [-0.2, -0.15) is 0 Å². The van der Waals surface area contributed by atoms with Crippen molar-refractivity contribution in [2.45, 2.75) is 52.6 Å². The van der Waals surface area contributed by atoms with Crippen molar-refractivity contribution in [2.75, 3.05) is 6.54 Å². The minimum Gasteiger partial charge on any atom is -0.508 e. The lowest BCUT2D eigenvalue weighted by atomic mass is 9.85. The second kappa shape index (κ2) is 10.4. The largest absolute Gasteiger partial charge is 0.508 e. The zero-order chi connectivity index (χ0) is 20.6. The smallest absolute Gasteiger partial charge is 0.115 e. The summed E-state index contributed by atoms with van der Waals surface area (Å²) in [6, 6.07) is 17.8. The van der Waals surface area contributed by atoms with Gasteiger partial charge in [-0.25, -0.2) is 0 Å². The van der Waals surface area contributed by atoms with E-state index in [2.05, 4.69) is 44.7 Å². The van der Waals surface area contributed by atoms with Crippen LogP contribution in [0, 0.1) is 5.92 Å². The summed E-state index contributed by atoms with van der Waals surface area (Å²) in [7, 11) is 0. The van der Waals surface area contributed by atoms with Crippen LogP contribution in [-0.4, -0.2) is 33.3 Å². The Morgan fingerprint density at radius 2 is 1.82 bits per heavy atom. The minimum atomic E-state index is -0.235. The molecule has 4 heteroatoms. The molecular weight excluding hydrogens is 364 g/mol. The Morgan fingerprint density at radius 3 is 2.43 bits per heavy atom. The zero-order valence-electron chi connectivity index (χ0n) is 17.4. The van der Waals surface area contributed by atoms with Gasteiger partial charge in [0.1, 0.15) is 5.75 Å². The number of aromatic hydroxyl groups is 1. The van der Waals surface area contributed by atoms with E-state index in [4.69, 9.17) is 17.2 Å². The van der Waals surface area contributed by atoms with E-state index in [1.807, 2.05) is 36.4 Å². The van der Waals surface area contributed by atoms with Crippen molar-refractivity contribution in [2.24, 2.45) is 10.9 Å². The molecule has 0 spiro atoms. The van der Waals surface area contributed by atoms with Crippen molar-refractivity contribution in [3.05, 3.63) is 65.7 Å². The molecule has 2 rings (SSSR count). The highest BCUT2D eigenvalue weighted by Crippen LogP contribution is 2.26. The molecule has 0 heterocycles. The molecule has 0 fully saturated rings. The van der Waals surface area contributed by atoms with Crippen LogP contribution in [-0.2, 0) is 13.0 Å². The van der Waals surface area contributed by atoms with E-state index in [0.29, 0.717) is 18.2 Å². The van der Waals surface area contributed by atoms with Crippen LogP contribution in [0.5, 0.6) is 5.75 Å². The number of phenolic OH excluding ortho intramolecular Hbond substituents is 1. The maximum Gasteiger partial charge on any atom is 0.115 e. The lowest BCUT2D eigenvalue weighted by Gasteiger charge is -2.42. The maximum absolute atomic E-state index is 9.72. The first-order chi connectivity index (χ1) is 13.3. The van der Waals surface area contributed by atoms with Crippen molar-refractivity contribution in [3.63, 3.8) is 0 Å². The van der Waals surface area contributed by atoms with E-state index < -0.39 is 0 Å². The SMILES string of the molecule is C/C(=N/Cc1ccccc1)C(C)(CC(C)C)N(C=S)CCc1cccc(O)c1. The minimum absolute atomic E-state index is 0.235. The lowest BCUT2D eigenvalue weighted by molar-refractivity contribution is 0.241. The number of nitrogens with zero attached hydrogens (tertiary/aromatic N) is 2. The first-order valence-corrected chi connectivity index (χ1v) is 10.4. The number of hydrogen-bond acceptors (Lipinski definition) is 3. The third kappa shape index (κ3) is 6.16. The highest BCUT2D eigenvalue weighted by molar-refractivity contribution is 7.78. The molecule has 0 bridgehead atoms. The average Bonchev–Trinajstić information content (AvgIpc) is 2.66. The van der Waals surface area contributed by atoms with Gasteiger partial charge in [-0.1, -0.05) is 68.5 Å². The summed E-state index contributed by atoms with van der Waals surface area (Å²) in [4.78, 5) is 7.16. The van der Waals surface area contributed by atoms with E-state index in [-0.39, 0.29) is 5.54 Å². The molecule has 0 saturated carbocycles. The summed E-state index contributed by atoms with van der Waals surface area (Å²) in [5, 5.41) is 9.72. The van der Waals surface area contributed by atoms with E-state index in [9.17, 15) is 5.11 Å². The predicted octanol–water partition coefficient (Wildman–Crippen LogP) is 5.66. The van der Waals surface area contributed by atoms with Gasteiger partial charge in [0.25, 0.3) is 0 Å². The highest BCUT2D eigenvalue weighted by atomic mass is 32.1. The van der Waals surface area contributed by atoms with Crippen LogP contribution in [0.25, 0.3) is 0 Å². The van der Waals surface area contributed by atoms with Crippen molar-refractivity contribution >= 4 is 23.4 Å². The molecule has 1 unspecified atom stereocenters. The van der Waals surface area contributed by atoms with Crippen molar-refractivity contribution in [1.82, 2.24) is 4.90 Å². The van der Waals surface area contributed by atoms with Gasteiger partial charge in [0.05, 0.1) is 17.6 Å².